The van der Waals surface area contributed by atoms with Crippen LogP contribution < -0.4 is 10.5 Å². The lowest BCUT2D eigenvalue weighted by Crippen LogP contribution is -2.40. The molecule has 0 aliphatic heterocycles. The summed E-state index contributed by atoms with van der Waals surface area (Å²) in [6.45, 7) is 4.38. The molecule has 1 aromatic rings. The molecule has 2 N–H and O–H groups in total. The molecule has 0 saturated heterocycles. The van der Waals surface area contributed by atoms with E-state index in [-0.39, 0.29) is 5.91 Å². The number of hydrogen-bond donors (Lipinski definition) is 1. The Labute approximate surface area is 115 Å². The molecular formula is C15H24N2O2. The SMILES string of the molecule is COc1ccccc1CCN(C)C(=O)CC(C)(C)N. The number of carbonyl (C=O) groups is 1. The van der Waals surface area contributed by atoms with E-state index >= 15 is 0 Å². The fourth-order valence-corrected chi connectivity index (χ4v) is 1.85. The summed E-state index contributed by atoms with van der Waals surface area (Å²) < 4.78 is 5.30. The normalized spacial score (nSPS) is 11.2. The second-order valence-corrected chi connectivity index (χ2v) is 5.54. The number of nitrogens with two attached hydrogens (primary N) is 1. The molecule has 0 atom stereocenters. The first-order valence-corrected chi connectivity index (χ1v) is 6.48. The number of methoxy groups -OCH3 is 1. The third kappa shape index (κ3) is 5.30. The fraction of sp³-hybridized carbons (Fsp3) is 0.533. The smallest absolute Gasteiger partial charge is 0.224 e. The Morgan fingerprint density at radius 3 is 2.58 bits per heavy atom. The molecule has 0 aliphatic rings. The van der Waals surface area contributed by atoms with E-state index in [2.05, 4.69) is 0 Å². The van der Waals surface area contributed by atoms with Crippen LogP contribution in [0.3, 0.4) is 0 Å². The van der Waals surface area contributed by atoms with Gasteiger partial charge in [0.05, 0.1) is 7.11 Å². The lowest BCUT2D eigenvalue weighted by Gasteiger charge is -2.23. The van der Waals surface area contributed by atoms with Crippen LogP contribution in [-0.4, -0.2) is 37.0 Å². The van der Waals surface area contributed by atoms with Gasteiger partial charge in [-0.2, -0.15) is 0 Å². The van der Waals surface area contributed by atoms with Gasteiger partial charge < -0.3 is 15.4 Å². The minimum absolute atomic E-state index is 0.0717. The quantitative estimate of drug-likeness (QED) is 0.852. The lowest BCUT2D eigenvalue weighted by atomic mass is 10.0. The minimum atomic E-state index is -0.463. The van der Waals surface area contributed by atoms with E-state index in [1.807, 2.05) is 45.2 Å². The second kappa shape index (κ2) is 6.57. The highest BCUT2D eigenvalue weighted by Crippen LogP contribution is 2.18. The topological polar surface area (TPSA) is 55.6 Å². The van der Waals surface area contributed by atoms with Gasteiger partial charge in [0.2, 0.25) is 5.91 Å². The number of ether oxygens (including phenoxy) is 1. The van der Waals surface area contributed by atoms with Crippen molar-refractivity contribution in [2.75, 3.05) is 20.7 Å². The minimum Gasteiger partial charge on any atom is -0.496 e. The van der Waals surface area contributed by atoms with Crippen LogP contribution in [-0.2, 0) is 11.2 Å². The number of benzene rings is 1. The molecule has 0 aromatic heterocycles. The molecule has 1 amide bonds. The van der Waals surface area contributed by atoms with Gasteiger partial charge in [-0.1, -0.05) is 18.2 Å². The monoisotopic (exact) mass is 264 g/mol. The van der Waals surface area contributed by atoms with Crippen LogP contribution in [0.4, 0.5) is 0 Å². The number of nitrogens with zero attached hydrogens (tertiary/aromatic N) is 1. The van der Waals surface area contributed by atoms with E-state index in [4.69, 9.17) is 10.5 Å². The molecule has 0 spiro atoms. The summed E-state index contributed by atoms with van der Waals surface area (Å²) in [5.41, 5.74) is 6.51. The first-order chi connectivity index (χ1) is 8.83. The number of hydrogen-bond acceptors (Lipinski definition) is 3. The average molecular weight is 264 g/mol. The number of carbonyl (C=O) groups excluding carboxylic acids is 1. The summed E-state index contributed by atoms with van der Waals surface area (Å²) in [6.07, 6.45) is 1.13. The van der Waals surface area contributed by atoms with Crippen molar-refractivity contribution in [3.8, 4) is 5.75 Å². The molecule has 0 unspecified atom stereocenters. The number of para-hydroxylation sites is 1. The van der Waals surface area contributed by atoms with Gasteiger partial charge in [0.1, 0.15) is 5.75 Å². The summed E-state index contributed by atoms with van der Waals surface area (Å²) in [7, 11) is 3.47. The van der Waals surface area contributed by atoms with Crippen LogP contribution in [0.15, 0.2) is 24.3 Å². The zero-order chi connectivity index (χ0) is 14.5. The lowest BCUT2D eigenvalue weighted by molar-refractivity contribution is -0.130. The number of likely N-dealkylation sites (N-methyl/N-ethyl adjacent to an activating group) is 1. The number of amides is 1. The summed E-state index contributed by atoms with van der Waals surface area (Å²) in [5.74, 6) is 0.935. The molecule has 106 valence electrons. The van der Waals surface area contributed by atoms with Crippen molar-refractivity contribution in [1.82, 2.24) is 4.90 Å². The van der Waals surface area contributed by atoms with Crippen molar-refractivity contribution in [3.05, 3.63) is 29.8 Å². The molecule has 0 heterocycles. The first kappa shape index (κ1) is 15.5. The molecule has 4 nitrogen and oxygen atoms in total. The molecule has 0 saturated carbocycles. The van der Waals surface area contributed by atoms with Crippen molar-refractivity contribution in [3.63, 3.8) is 0 Å². The van der Waals surface area contributed by atoms with E-state index in [1.165, 1.54) is 0 Å². The Kier molecular flexibility index (Phi) is 5.36. The van der Waals surface area contributed by atoms with Crippen LogP contribution >= 0.6 is 0 Å². The molecule has 1 aromatic carbocycles. The maximum absolute atomic E-state index is 11.9. The van der Waals surface area contributed by atoms with Gasteiger partial charge in [-0.3, -0.25) is 4.79 Å². The predicted octanol–water partition coefficient (Wildman–Crippen LogP) is 1.82. The predicted molar refractivity (Wildman–Crippen MR) is 77.2 cm³/mol. The van der Waals surface area contributed by atoms with Crippen LogP contribution in [0.5, 0.6) is 5.75 Å². The highest BCUT2D eigenvalue weighted by atomic mass is 16.5. The highest BCUT2D eigenvalue weighted by Gasteiger charge is 2.19. The Morgan fingerprint density at radius 1 is 1.37 bits per heavy atom. The molecule has 0 bridgehead atoms. The van der Waals surface area contributed by atoms with Crippen molar-refractivity contribution in [2.24, 2.45) is 5.73 Å². The van der Waals surface area contributed by atoms with E-state index in [0.29, 0.717) is 13.0 Å². The standard InChI is InChI=1S/C15H24N2O2/c1-15(2,16)11-14(18)17(3)10-9-12-7-5-6-8-13(12)19-4/h5-8H,9-11,16H2,1-4H3. The van der Waals surface area contributed by atoms with Gasteiger partial charge in [-0.05, 0) is 31.9 Å². The molecule has 0 fully saturated rings. The van der Waals surface area contributed by atoms with E-state index in [1.54, 1.807) is 12.0 Å². The van der Waals surface area contributed by atoms with Crippen molar-refractivity contribution in [2.45, 2.75) is 32.2 Å². The Morgan fingerprint density at radius 2 is 2.00 bits per heavy atom. The summed E-state index contributed by atoms with van der Waals surface area (Å²) in [5, 5.41) is 0. The van der Waals surface area contributed by atoms with Gasteiger partial charge in [0.25, 0.3) is 0 Å². The van der Waals surface area contributed by atoms with Crippen LogP contribution in [0.2, 0.25) is 0 Å². The van der Waals surface area contributed by atoms with Gasteiger partial charge in [-0.15, -0.1) is 0 Å². The van der Waals surface area contributed by atoms with E-state index in [0.717, 1.165) is 17.7 Å². The molecular weight excluding hydrogens is 240 g/mol. The zero-order valence-electron chi connectivity index (χ0n) is 12.3. The average Bonchev–Trinajstić information content (AvgIpc) is 2.34. The van der Waals surface area contributed by atoms with Gasteiger partial charge >= 0.3 is 0 Å². The fourth-order valence-electron chi connectivity index (χ4n) is 1.85. The molecule has 4 heteroatoms. The summed E-state index contributed by atoms with van der Waals surface area (Å²) in [4.78, 5) is 13.7. The van der Waals surface area contributed by atoms with E-state index < -0.39 is 5.54 Å². The molecule has 1 rings (SSSR count). The number of rotatable bonds is 6. The summed E-state index contributed by atoms with van der Waals surface area (Å²) >= 11 is 0. The second-order valence-electron chi connectivity index (χ2n) is 5.54. The first-order valence-electron chi connectivity index (χ1n) is 6.48. The third-order valence-electron chi connectivity index (χ3n) is 2.94. The Bertz CT molecular complexity index is 424. The van der Waals surface area contributed by atoms with Crippen molar-refractivity contribution < 1.29 is 9.53 Å². The summed E-state index contributed by atoms with van der Waals surface area (Å²) in [6, 6.07) is 7.86. The van der Waals surface area contributed by atoms with Crippen molar-refractivity contribution >= 4 is 5.91 Å². The third-order valence-corrected chi connectivity index (χ3v) is 2.94. The van der Waals surface area contributed by atoms with Crippen LogP contribution in [0.1, 0.15) is 25.8 Å². The Hall–Kier alpha value is -1.55. The van der Waals surface area contributed by atoms with Crippen LogP contribution in [0.25, 0.3) is 0 Å². The van der Waals surface area contributed by atoms with Gasteiger partial charge in [0.15, 0.2) is 0 Å². The van der Waals surface area contributed by atoms with Gasteiger partial charge in [-0.25, -0.2) is 0 Å². The molecule has 0 radical (unpaired) electrons. The largest absolute Gasteiger partial charge is 0.496 e. The van der Waals surface area contributed by atoms with Crippen molar-refractivity contribution in [1.29, 1.82) is 0 Å². The maximum atomic E-state index is 11.9. The maximum Gasteiger partial charge on any atom is 0.224 e. The van der Waals surface area contributed by atoms with E-state index in [9.17, 15) is 4.79 Å². The zero-order valence-corrected chi connectivity index (χ0v) is 12.3. The molecule has 0 aliphatic carbocycles. The molecule has 19 heavy (non-hydrogen) atoms. The Balaban J connectivity index is 2.54. The van der Waals surface area contributed by atoms with Gasteiger partial charge in [0, 0.05) is 25.6 Å². The highest BCUT2D eigenvalue weighted by molar-refractivity contribution is 5.77. The van der Waals surface area contributed by atoms with Crippen LogP contribution in [0, 0.1) is 0 Å².